The van der Waals surface area contributed by atoms with Crippen molar-refractivity contribution in [3.63, 3.8) is 0 Å². The number of hydrogen-bond acceptors (Lipinski definition) is 3. The number of rotatable bonds is 5. The maximum atomic E-state index is 12.8. The van der Waals surface area contributed by atoms with Crippen molar-refractivity contribution in [2.75, 3.05) is 6.54 Å². The van der Waals surface area contributed by atoms with Crippen LogP contribution in [0.4, 0.5) is 4.79 Å². The van der Waals surface area contributed by atoms with Crippen molar-refractivity contribution in [1.82, 2.24) is 8.87 Å². The fraction of sp³-hybridized carbons (Fsp3) is 0.353. The van der Waals surface area contributed by atoms with E-state index in [0.29, 0.717) is 21.7 Å². The van der Waals surface area contributed by atoms with E-state index in [9.17, 15) is 18.3 Å². The highest BCUT2D eigenvalue weighted by atomic mass is 79.9. The van der Waals surface area contributed by atoms with Gasteiger partial charge in [-0.05, 0) is 51.2 Å². The summed E-state index contributed by atoms with van der Waals surface area (Å²) in [5.41, 5.74) is 0.347. The second-order valence-corrected chi connectivity index (χ2v) is 10.2. The summed E-state index contributed by atoms with van der Waals surface area (Å²) in [6, 6.07) is 7.57. The van der Waals surface area contributed by atoms with Crippen molar-refractivity contribution in [3.05, 3.63) is 51.7 Å². The molecule has 0 unspecified atom stereocenters. The summed E-state index contributed by atoms with van der Waals surface area (Å²) in [5, 5.41) is 9.73. The Morgan fingerprint density at radius 1 is 1.31 bits per heavy atom. The number of nitrogens with zero attached hydrogens (tertiary/aromatic N) is 2. The van der Waals surface area contributed by atoms with E-state index in [1.165, 1.54) is 23.2 Å². The van der Waals surface area contributed by atoms with Crippen molar-refractivity contribution < 1.29 is 18.3 Å². The summed E-state index contributed by atoms with van der Waals surface area (Å²) in [4.78, 5) is 12.8. The van der Waals surface area contributed by atoms with Crippen LogP contribution in [0.5, 0.6) is 0 Å². The Morgan fingerprint density at radius 2 is 1.96 bits per heavy atom. The molecule has 2 rings (SSSR count). The first-order valence-corrected chi connectivity index (χ1v) is 10.4. The van der Waals surface area contributed by atoms with Crippen LogP contribution in [0.25, 0.3) is 0 Å². The van der Waals surface area contributed by atoms with E-state index in [0.717, 1.165) is 3.97 Å². The van der Waals surface area contributed by atoms with E-state index < -0.39 is 16.1 Å². The Hall–Kier alpha value is -1.51. The molecule has 1 N–H and O–H groups in total. The summed E-state index contributed by atoms with van der Waals surface area (Å²) < 4.78 is 27.0. The third kappa shape index (κ3) is 5.02. The summed E-state index contributed by atoms with van der Waals surface area (Å²) in [6.45, 7) is 6.23. The molecule has 1 heterocycles. The first-order valence-electron chi connectivity index (χ1n) is 7.76. The average Bonchev–Trinajstić information content (AvgIpc) is 2.86. The van der Waals surface area contributed by atoms with Crippen LogP contribution in [0.1, 0.15) is 26.3 Å². The van der Waals surface area contributed by atoms with Gasteiger partial charge in [0.25, 0.3) is 10.0 Å². The maximum absolute atomic E-state index is 12.8. The van der Waals surface area contributed by atoms with Gasteiger partial charge in [0.2, 0.25) is 0 Å². The van der Waals surface area contributed by atoms with E-state index in [1.807, 2.05) is 20.8 Å². The van der Waals surface area contributed by atoms with Gasteiger partial charge in [-0.1, -0.05) is 38.4 Å². The van der Waals surface area contributed by atoms with Crippen LogP contribution in [-0.4, -0.2) is 35.0 Å². The molecule has 0 fully saturated rings. The highest BCUT2D eigenvalue weighted by Crippen LogP contribution is 2.26. The molecule has 0 bridgehead atoms. The van der Waals surface area contributed by atoms with Crippen molar-refractivity contribution in [3.8, 4) is 0 Å². The highest BCUT2D eigenvalue weighted by molar-refractivity contribution is 9.10. The molecule has 142 valence electrons. The van der Waals surface area contributed by atoms with Crippen LogP contribution < -0.4 is 0 Å². The molecule has 0 saturated heterocycles. The summed E-state index contributed by atoms with van der Waals surface area (Å²) in [6.07, 6.45) is 0.361. The summed E-state index contributed by atoms with van der Waals surface area (Å²) >= 11 is 9.13. The minimum absolute atomic E-state index is 0.0534. The molecular formula is C17H20BrClN2O4S. The average molecular weight is 464 g/mol. The third-order valence-corrected chi connectivity index (χ3v) is 6.21. The molecule has 0 saturated carbocycles. The van der Waals surface area contributed by atoms with Crippen LogP contribution in [0.15, 0.2) is 46.0 Å². The van der Waals surface area contributed by atoms with Crippen molar-refractivity contribution in [2.24, 2.45) is 5.41 Å². The van der Waals surface area contributed by atoms with Crippen molar-refractivity contribution in [2.45, 2.75) is 32.2 Å². The molecule has 0 aliphatic carbocycles. The minimum atomic E-state index is -3.84. The zero-order chi connectivity index (χ0) is 19.7. The van der Waals surface area contributed by atoms with Gasteiger partial charge in [-0.25, -0.2) is 17.2 Å². The fourth-order valence-corrected chi connectivity index (χ4v) is 5.00. The lowest BCUT2D eigenvalue weighted by Gasteiger charge is -2.27. The zero-order valence-corrected chi connectivity index (χ0v) is 17.8. The molecule has 1 aromatic heterocycles. The van der Waals surface area contributed by atoms with Gasteiger partial charge in [0.15, 0.2) is 0 Å². The van der Waals surface area contributed by atoms with Crippen LogP contribution in [-0.2, 0) is 16.6 Å². The fourth-order valence-electron chi connectivity index (χ4n) is 2.46. The number of halogens is 2. The second-order valence-electron chi connectivity index (χ2n) is 7.13. The third-order valence-electron chi connectivity index (χ3n) is 3.46. The molecule has 2 aromatic rings. The topological polar surface area (TPSA) is 79.6 Å². The van der Waals surface area contributed by atoms with Gasteiger partial charge in [0.05, 0.1) is 11.4 Å². The van der Waals surface area contributed by atoms with Gasteiger partial charge in [0.1, 0.15) is 4.60 Å². The largest absolute Gasteiger partial charge is 0.465 e. The van der Waals surface area contributed by atoms with Crippen LogP contribution in [0.2, 0.25) is 5.02 Å². The Morgan fingerprint density at radius 3 is 2.50 bits per heavy atom. The molecule has 0 spiro atoms. The number of carbonyl (C=O) groups is 1. The van der Waals surface area contributed by atoms with E-state index in [1.54, 1.807) is 18.2 Å². The minimum Gasteiger partial charge on any atom is -0.465 e. The number of hydrogen-bond donors (Lipinski definition) is 1. The first kappa shape index (κ1) is 20.8. The second kappa shape index (κ2) is 7.62. The normalized spacial score (nSPS) is 12.2. The van der Waals surface area contributed by atoms with Crippen LogP contribution in [0, 0.1) is 5.41 Å². The Kier molecular flexibility index (Phi) is 6.09. The number of amides is 1. The SMILES string of the molecule is CC(C)(C)CN(Cc1cc(Br)n(S(=O)(=O)c2cccc(Cl)c2)c1)C(=O)O. The van der Waals surface area contributed by atoms with Gasteiger partial charge >= 0.3 is 6.09 Å². The number of aromatic nitrogens is 1. The van der Waals surface area contributed by atoms with Crippen molar-refractivity contribution >= 4 is 43.6 Å². The zero-order valence-electron chi connectivity index (χ0n) is 14.6. The maximum Gasteiger partial charge on any atom is 0.407 e. The van der Waals surface area contributed by atoms with Crippen molar-refractivity contribution in [1.29, 1.82) is 0 Å². The molecule has 0 aliphatic rings. The van der Waals surface area contributed by atoms with Gasteiger partial charge in [0, 0.05) is 17.8 Å². The first-order chi connectivity index (χ1) is 11.9. The van der Waals surface area contributed by atoms with E-state index in [4.69, 9.17) is 11.6 Å². The molecule has 0 aliphatic heterocycles. The number of benzene rings is 1. The molecule has 6 nitrogen and oxygen atoms in total. The Labute approximate surface area is 166 Å². The van der Waals surface area contributed by atoms with E-state index >= 15 is 0 Å². The Balaban J connectivity index is 2.35. The summed E-state index contributed by atoms with van der Waals surface area (Å²) in [7, 11) is -3.84. The predicted octanol–water partition coefficient (Wildman–Crippen LogP) is 4.67. The molecule has 0 radical (unpaired) electrons. The molecule has 0 atom stereocenters. The van der Waals surface area contributed by atoms with Crippen LogP contribution in [0.3, 0.4) is 0 Å². The quantitative estimate of drug-likeness (QED) is 0.699. The molecule has 9 heteroatoms. The van der Waals surface area contributed by atoms with Gasteiger partial charge in [-0.2, -0.15) is 0 Å². The highest BCUT2D eigenvalue weighted by Gasteiger charge is 2.24. The van der Waals surface area contributed by atoms with E-state index in [2.05, 4.69) is 15.9 Å². The lowest BCUT2D eigenvalue weighted by molar-refractivity contribution is 0.123. The standard InChI is InChI=1S/C17H20BrClN2O4S/c1-17(2,3)11-20(16(22)23)9-12-7-15(18)21(10-12)26(24,25)14-6-4-5-13(19)8-14/h4-8,10H,9,11H2,1-3H3,(H,22,23). The summed E-state index contributed by atoms with van der Waals surface area (Å²) in [5.74, 6) is 0. The van der Waals surface area contributed by atoms with Gasteiger partial charge in [-0.15, -0.1) is 0 Å². The predicted molar refractivity (Wildman–Crippen MR) is 104 cm³/mol. The van der Waals surface area contributed by atoms with Gasteiger partial charge in [-0.3, -0.25) is 0 Å². The van der Waals surface area contributed by atoms with Crippen LogP contribution >= 0.6 is 27.5 Å². The van der Waals surface area contributed by atoms with E-state index in [-0.39, 0.29) is 16.9 Å². The lowest BCUT2D eigenvalue weighted by atomic mass is 9.96. The Bertz CT molecular complexity index is 919. The molecule has 1 aromatic carbocycles. The molecule has 1 amide bonds. The smallest absolute Gasteiger partial charge is 0.407 e. The molecule has 26 heavy (non-hydrogen) atoms. The molecular weight excluding hydrogens is 444 g/mol. The lowest BCUT2D eigenvalue weighted by Crippen LogP contribution is -2.36. The van der Waals surface area contributed by atoms with Gasteiger partial charge < -0.3 is 10.0 Å². The monoisotopic (exact) mass is 462 g/mol. The number of carboxylic acid groups (broad SMARTS) is 1.